The van der Waals surface area contributed by atoms with Gasteiger partial charge < -0.3 is 4.74 Å². The SMILES string of the molecule is COc1cnc(Cl)cc1-c1cc(C)ncc1C(=O)Nc1nnc(CS(C)=O)s1. The van der Waals surface area contributed by atoms with Crippen LogP contribution >= 0.6 is 22.9 Å². The van der Waals surface area contributed by atoms with Crippen molar-refractivity contribution in [2.75, 3.05) is 18.7 Å². The van der Waals surface area contributed by atoms with Crippen LogP contribution in [0.3, 0.4) is 0 Å². The number of halogens is 1. The molecule has 3 rings (SSSR count). The van der Waals surface area contributed by atoms with Gasteiger partial charge in [0.25, 0.3) is 5.91 Å². The van der Waals surface area contributed by atoms with Gasteiger partial charge in [0.2, 0.25) is 5.13 Å². The molecular formula is C17H16ClN5O3S2. The molecule has 0 bridgehead atoms. The molecule has 0 saturated carbocycles. The highest BCUT2D eigenvalue weighted by molar-refractivity contribution is 7.83. The van der Waals surface area contributed by atoms with Crippen molar-refractivity contribution in [1.82, 2.24) is 20.2 Å². The second-order valence-electron chi connectivity index (χ2n) is 5.75. The third-order valence-corrected chi connectivity index (χ3v) is 5.55. The van der Waals surface area contributed by atoms with E-state index in [9.17, 15) is 9.00 Å². The molecule has 0 aliphatic carbocycles. The van der Waals surface area contributed by atoms with Gasteiger partial charge >= 0.3 is 0 Å². The molecule has 0 aliphatic heterocycles. The number of amides is 1. The van der Waals surface area contributed by atoms with E-state index in [-0.39, 0.29) is 10.9 Å². The van der Waals surface area contributed by atoms with Crippen LogP contribution in [-0.2, 0) is 16.6 Å². The van der Waals surface area contributed by atoms with Crippen molar-refractivity contribution < 1.29 is 13.7 Å². The zero-order valence-electron chi connectivity index (χ0n) is 15.2. The average molecular weight is 438 g/mol. The van der Waals surface area contributed by atoms with Crippen molar-refractivity contribution >= 4 is 44.8 Å². The molecule has 0 aromatic carbocycles. The molecule has 1 amide bonds. The molecule has 0 fully saturated rings. The number of nitrogens with one attached hydrogen (secondary N) is 1. The first-order valence-corrected chi connectivity index (χ1v) is 10.9. The van der Waals surface area contributed by atoms with E-state index < -0.39 is 16.7 Å². The summed E-state index contributed by atoms with van der Waals surface area (Å²) in [5, 5.41) is 11.8. The molecule has 3 aromatic heterocycles. The van der Waals surface area contributed by atoms with E-state index in [1.165, 1.54) is 30.8 Å². The number of hydrogen-bond acceptors (Lipinski definition) is 8. The smallest absolute Gasteiger partial charge is 0.259 e. The minimum atomic E-state index is -1.04. The number of nitrogens with zero attached hydrogens (tertiary/aromatic N) is 4. The van der Waals surface area contributed by atoms with Gasteiger partial charge in [-0.2, -0.15) is 0 Å². The van der Waals surface area contributed by atoms with E-state index in [0.717, 1.165) is 5.69 Å². The van der Waals surface area contributed by atoms with E-state index in [4.69, 9.17) is 16.3 Å². The lowest BCUT2D eigenvalue weighted by Gasteiger charge is -2.13. The molecule has 8 nitrogen and oxygen atoms in total. The second-order valence-corrected chi connectivity index (χ2v) is 8.64. The van der Waals surface area contributed by atoms with Crippen molar-refractivity contribution in [3.63, 3.8) is 0 Å². The number of rotatable bonds is 6. The van der Waals surface area contributed by atoms with Gasteiger partial charge in [-0.05, 0) is 19.1 Å². The number of ether oxygens (including phenoxy) is 1. The number of anilines is 1. The summed E-state index contributed by atoms with van der Waals surface area (Å²) in [7, 11) is 0.480. The predicted octanol–water partition coefficient (Wildman–Crippen LogP) is 3.10. The second kappa shape index (κ2) is 8.72. The van der Waals surface area contributed by atoms with Crippen molar-refractivity contribution in [3.8, 4) is 16.9 Å². The predicted molar refractivity (Wildman–Crippen MR) is 109 cm³/mol. The molecule has 1 atom stereocenters. The molecular weight excluding hydrogens is 422 g/mol. The Bertz CT molecular complexity index is 1060. The molecule has 28 heavy (non-hydrogen) atoms. The Labute approximate surface area is 172 Å². The van der Waals surface area contributed by atoms with Crippen LogP contribution in [0.2, 0.25) is 5.15 Å². The zero-order valence-corrected chi connectivity index (χ0v) is 17.6. The van der Waals surface area contributed by atoms with Gasteiger partial charge in [-0.25, -0.2) is 4.98 Å². The first-order valence-electron chi connectivity index (χ1n) is 7.97. The molecule has 3 heterocycles. The van der Waals surface area contributed by atoms with Crippen LogP contribution in [-0.4, -0.2) is 43.6 Å². The highest BCUT2D eigenvalue weighted by Gasteiger charge is 2.19. The number of aryl methyl sites for hydroxylation is 1. The van der Waals surface area contributed by atoms with Gasteiger partial charge in [-0.3, -0.25) is 19.3 Å². The molecule has 0 aliphatic rings. The normalized spacial score (nSPS) is 11.9. The summed E-state index contributed by atoms with van der Waals surface area (Å²) in [5.74, 6) is 0.364. The minimum absolute atomic E-state index is 0.276. The summed E-state index contributed by atoms with van der Waals surface area (Å²) in [6.07, 6.45) is 4.56. The summed E-state index contributed by atoms with van der Waals surface area (Å²) in [5.41, 5.74) is 2.27. The van der Waals surface area contributed by atoms with Gasteiger partial charge in [-0.15, -0.1) is 10.2 Å². The Balaban J connectivity index is 1.97. The Morgan fingerprint density at radius 3 is 2.75 bits per heavy atom. The molecule has 1 N–H and O–H groups in total. The molecule has 0 spiro atoms. The standard InChI is InChI=1S/C17H16ClN5O3S2/c1-9-4-10(11-5-14(18)20-7-13(11)26-2)12(6-19-9)16(24)21-17-23-22-15(27-17)8-28(3)25/h4-7H,8H2,1-3H3,(H,21,23,24). The lowest BCUT2D eigenvalue weighted by Crippen LogP contribution is -2.14. The maximum atomic E-state index is 12.9. The minimum Gasteiger partial charge on any atom is -0.494 e. The quantitative estimate of drug-likeness (QED) is 0.590. The number of carbonyl (C=O) groups excluding carboxylic acids is 1. The summed E-state index contributed by atoms with van der Waals surface area (Å²) < 4.78 is 16.7. The Kier molecular flexibility index (Phi) is 6.32. The molecule has 1 unspecified atom stereocenters. The molecule has 146 valence electrons. The van der Waals surface area contributed by atoms with Gasteiger partial charge in [0.05, 0.1) is 24.6 Å². The van der Waals surface area contributed by atoms with Crippen LogP contribution in [0, 0.1) is 6.92 Å². The third-order valence-electron chi connectivity index (χ3n) is 3.64. The molecule has 11 heteroatoms. The maximum Gasteiger partial charge on any atom is 0.259 e. The van der Waals surface area contributed by atoms with E-state index in [2.05, 4.69) is 25.5 Å². The van der Waals surface area contributed by atoms with Gasteiger partial charge in [-0.1, -0.05) is 22.9 Å². The largest absolute Gasteiger partial charge is 0.494 e. The summed E-state index contributed by atoms with van der Waals surface area (Å²) >= 11 is 7.22. The Morgan fingerprint density at radius 2 is 2.04 bits per heavy atom. The maximum absolute atomic E-state index is 12.9. The fourth-order valence-electron chi connectivity index (χ4n) is 2.45. The lowest BCUT2D eigenvalue weighted by molar-refractivity contribution is 0.102. The van der Waals surface area contributed by atoms with E-state index in [1.54, 1.807) is 18.4 Å². The highest BCUT2D eigenvalue weighted by atomic mass is 35.5. The van der Waals surface area contributed by atoms with E-state index >= 15 is 0 Å². The number of hydrogen-bond donors (Lipinski definition) is 1. The number of pyridine rings is 2. The fourth-order valence-corrected chi connectivity index (χ4v) is 4.28. The Morgan fingerprint density at radius 1 is 1.25 bits per heavy atom. The molecule has 0 saturated heterocycles. The van der Waals surface area contributed by atoms with Crippen LogP contribution in [0.15, 0.2) is 24.5 Å². The number of carbonyl (C=O) groups is 1. The zero-order chi connectivity index (χ0) is 20.3. The summed E-state index contributed by atoms with van der Waals surface area (Å²) in [6, 6.07) is 3.40. The van der Waals surface area contributed by atoms with Gasteiger partial charge in [0.1, 0.15) is 15.9 Å². The van der Waals surface area contributed by atoms with Gasteiger partial charge in [0.15, 0.2) is 0 Å². The number of methoxy groups -OCH3 is 1. The van der Waals surface area contributed by atoms with Crippen molar-refractivity contribution in [2.24, 2.45) is 0 Å². The van der Waals surface area contributed by atoms with E-state index in [1.807, 2.05) is 6.92 Å². The highest BCUT2D eigenvalue weighted by Crippen LogP contribution is 2.34. The van der Waals surface area contributed by atoms with E-state index in [0.29, 0.717) is 32.6 Å². The first kappa shape index (κ1) is 20.3. The van der Waals surface area contributed by atoms with Crippen LogP contribution in [0.5, 0.6) is 5.75 Å². The summed E-state index contributed by atoms with van der Waals surface area (Å²) in [4.78, 5) is 21.1. The van der Waals surface area contributed by atoms with Crippen LogP contribution in [0.1, 0.15) is 21.1 Å². The molecule has 3 aromatic rings. The summed E-state index contributed by atoms with van der Waals surface area (Å²) in [6.45, 7) is 1.82. The third kappa shape index (κ3) is 4.70. The van der Waals surface area contributed by atoms with Crippen LogP contribution in [0.25, 0.3) is 11.1 Å². The average Bonchev–Trinajstić information content (AvgIpc) is 3.07. The molecule has 0 radical (unpaired) electrons. The fraction of sp³-hybridized carbons (Fsp3) is 0.235. The van der Waals surface area contributed by atoms with Crippen molar-refractivity contribution in [1.29, 1.82) is 0 Å². The number of aromatic nitrogens is 4. The lowest BCUT2D eigenvalue weighted by atomic mass is 10.0. The topological polar surface area (TPSA) is 107 Å². The first-order chi connectivity index (χ1) is 13.4. The Hall–Kier alpha value is -2.43. The van der Waals surface area contributed by atoms with Crippen molar-refractivity contribution in [3.05, 3.63) is 45.9 Å². The monoisotopic (exact) mass is 437 g/mol. The van der Waals surface area contributed by atoms with Crippen molar-refractivity contribution in [2.45, 2.75) is 12.7 Å². The van der Waals surface area contributed by atoms with Gasteiger partial charge in [0, 0.05) is 40.1 Å². The van der Waals surface area contributed by atoms with Crippen LogP contribution in [0.4, 0.5) is 5.13 Å². The van der Waals surface area contributed by atoms with Crippen LogP contribution < -0.4 is 10.1 Å².